The van der Waals surface area contributed by atoms with Gasteiger partial charge in [0.1, 0.15) is 0 Å². The molecule has 4 nitrogen and oxygen atoms in total. The van der Waals surface area contributed by atoms with Gasteiger partial charge in [0, 0.05) is 30.5 Å². The second-order valence-corrected chi connectivity index (χ2v) is 4.50. The number of hydrogen-bond acceptors (Lipinski definition) is 4. The highest BCUT2D eigenvalue weighted by Gasteiger charge is 2.24. The summed E-state index contributed by atoms with van der Waals surface area (Å²) in [4.78, 5) is 8.53. The maximum Gasteiger partial charge on any atom is 0.223 e. The Bertz CT molecular complexity index is 343. The third-order valence-corrected chi connectivity index (χ3v) is 3.25. The third kappa shape index (κ3) is 2.70. The van der Waals surface area contributed by atoms with Gasteiger partial charge in [-0.15, -0.1) is 0 Å². The van der Waals surface area contributed by atoms with Crippen molar-refractivity contribution in [2.45, 2.75) is 38.6 Å². The maximum absolute atomic E-state index is 9.31. The molecule has 4 heteroatoms. The van der Waals surface area contributed by atoms with E-state index >= 15 is 0 Å². The van der Waals surface area contributed by atoms with Gasteiger partial charge in [0.25, 0.3) is 0 Å². The Hall–Kier alpha value is -1.16. The first-order chi connectivity index (χ1) is 7.79. The van der Waals surface area contributed by atoms with Crippen molar-refractivity contribution in [2.24, 2.45) is 5.92 Å². The van der Waals surface area contributed by atoms with Gasteiger partial charge in [-0.1, -0.05) is 12.8 Å². The molecule has 0 spiro atoms. The first-order valence-corrected chi connectivity index (χ1v) is 5.96. The predicted molar refractivity (Wildman–Crippen MR) is 63.2 cm³/mol. The minimum atomic E-state index is 0.253. The summed E-state index contributed by atoms with van der Waals surface area (Å²) < 4.78 is 0. The van der Waals surface area contributed by atoms with Crippen molar-refractivity contribution >= 4 is 5.95 Å². The van der Waals surface area contributed by atoms with Crippen LogP contribution in [0.4, 0.5) is 5.95 Å². The summed E-state index contributed by atoms with van der Waals surface area (Å²) in [6, 6.07) is 2.20. The molecule has 0 amide bonds. The number of nitrogens with one attached hydrogen (secondary N) is 1. The SMILES string of the molecule is Cc1ccnc(NC2CCCCC2CO)n1. The van der Waals surface area contributed by atoms with E-state index in [1.807, 2.05) is 13.0 Å². The molecule has 16 heavy (non-hydrogen) atoms. The number of hydrogen-bond donors (Lipinski definition) is 2. The molecule has 0 aliphatic heterocycles. The minimum absolute atomic E-state index is 0.253. The Morgan fingerprint density at radius 1 is 1.44 bits per heavy atom. The third-order valence-electron chi connectivity index (χ3n) is 3.25. The zero-order valence-electron chi connectivity index (χ0n) is 9.69. The van der Waals surface area contributed by atoms with E-state index < -0.39 is 0 Å². The second-order valence-electron chi connectivity index (χ2n) is 4.50. The summed E-state index contributed by atoms with van der Waals surface area (Å²) in [6.45, 7) is 2.21. The molecule has 0 radical (unpaired) electrons. The van der Waals surface area contributed by atoms with Crippen molar-refractivity contribution in [1.82, 2.24) is 9.97 Å². The van der Waals surface area contributed by atoms with Crippen LogP contribution in [0.5, 0.6) is 0 Å². The molecule has 1 aliphatic rings. The Morgan fingerprint density at radius 2 is 2.25 bits per heavy atom. The van der Waals surface area contributed by atoms with Crippen LogP contribution in [-0.4, -0.2) is 27.7 Å². The van der Waals surface area contributed by atoms with Crippen molar-refractivity contribution in [2.75, 3.05) is 11.9 Å². The quantitative estimate of drug-likeness (QED) is 0.816. The largest absolute Gasteiger partial charge is 0.396 e. The first kappa shape index (κ1) is 11.3. The zero-order valence-corrected chi connectivity index (χ0v) is 9.69. The predicted octanol–water partition coefficient (Wildman–Crippen LogP) is 1.75. The lowest BCUT2D eigenvalue weighted by atomic mass is 9.85. The summed E-state index contributed by atoms with van der Waals surface area (Å²) in [5, 5.41) is 12.7. The Morgan fingerprint density at radius 3 is 3.00 bits per heavy atom. The van der Waals surface area contributed by atoms with Gasteiger partial charge >= 0.3 is 0 Å². The zero-order chi connectivity index (χ0) is 11.4. The number of anilines is 1. The van der Waals surface area contributed by atoms with Gasteiger partial charge in [0.2, 0.25) is 5.95 Å². The fourth-order valence-electron chi connectivity index (χ4n) is 2.30. The number of aliphatic hydroxyl groups excluding tert-OH is 1. The maximum atomic E-state index is 9.31. The Labute approximate surface area is 96.1 Å². The molecule has 1 heterocycles. The van der Waals surface area contributed by atoms with Gasteiger partial charge in [-0.3, -0.25) is 0 Å². The number of rotatable bonds is 3. The molecule has 2 atom stereocenters. The van der Waals surface area contributed by atoms with Crippen LogP contribution < -0.4 is 5.32 Å². The standard InChI is InChI=1S/C12H19N3O/c1-9-6-7-13-12(14-9)15-11-5-3-2-4-10(11)8-16/h6-7,10-11,16H,2-5,8H2,1H3,(H,13,14,15). The van der Waals surface area contributed by atoms with E-state index in [-0.39, 0.29) is 6.61 Å². The Kier molecular flexibility index (Phi) is 3.72. The lowest BCUT2D eigenvalue weighted by molar-refractivity contribution is 0.178. The van der Waals surface area contributed by atoms with E-state index in [1.165, 1.54) is 12.8 Å². The van der Waals surface area contributed by atoms with E-state index in [0.717, 1.165) is 18.5 Å². The summed E-state index contributed by atoms with van der Waals surface area (Å²) in [7, 11) is 0. The monoisotopic (exact) mass is 221 g/mol. The molecule has 1 aliphatic carbocycles. The van der Waals surface area contributed by atoms with Crippen molar-refractivity contribution < 1.29 is 5.11 Å². The average Bonchev–Trinajstić information content (AvgIpc) is 2.30. The molecule has 2 unspecified atom stereocenters. The fraction of sp³-hybridized carbons (Fsp3) is 0.667. The van der Waals surface area contributed by atoms with Crippen molar-refractivity contribution in [3.05, 3.63) is 18.0 Å². The minimum Gasteiger partial charge on any atom is -0.396 e. The van der Waals surface area contributed by atoms with Gasteiger partial charge in [0.15, 0.2) is 0 Å². The molecule has 1 aromatic heterocycles. The highest BCUT2D eigenvalue weighted by Crippen LogP contribution is 2.25. The van der Waals surface area contributed by atoms with E-state index in [0.29, 0.717) is 17.9 Å². The molecule has 1 aromatic rings. The number of aryl methyl sites for hydroxylation is 1. The molecular formula is C12H19N3O. The second kappa shape index (κ2) is 5.25. The van der Waals surface area contributed by atoms with E-state index in [4.69, 9.17) is 0 Å². The molecular weight excluding hydrogens is 202 g/mol. The van der Waals surface area contributed by atoms with Crippen LogP contribution in [0.3, 0.4) is 0 Å². The number of aliphatic hydroxyl groups is 1. The first-order valence-electron chi connectivity index (χ1n) is 5.96. The highest BCUT2D eigenvalue weighted by molar-refractivity contribution is 5.27. The molecule has 2 rings (SSSR count). The van der Waals surface area contributed by atoms with Crippen LogP contribution in [0.1, 0.15) is 31.4 Å². The van der Waals surface area contributed by atoms with Gasteiger partial charge in [0.05, 0.1) is 0 Å². The summed E-state index contributed by atoms with van der Waals surface area (Å²) in [5.41, 5.74) is 0.967. The van der Waals surface area contributed by atoms with Crippen LogP contribution in [-0.2, 0) is 0 Å². The van der Waals surface area contributed by atoms with E-state index in [1.54, 1.807) is 6.20 Å². The molecule has 0 saturated heterocycles. The lowest BCUT2D eigenvalue weighted by Crippen LogP contribution is -2.34. The van der Waals surface area contributed by atoms with Crippen molar-refractivity contribution in [3.8, 4) is 0 Å². The number of aromatic nitrogens is 2. The van der Waals surface area contributed by atoms with E-state index in [9.17, 15) is 5.11 Å². The molecule has 1 fully saturated rings. The number of nitrogens with zero attached hydrogens (tertiary/aromatic N) is 2. The molecule has 0 bridgehead atoms. The van der Waals surface area contributed by atoms with Gasteiger partial charge < -0.3 is 10.4 Å². The van der Waals surface area contributed by atoms with Gasteiger partial charge in [-0.05, 0) is 25.8 Å². The van der Waals surface area contributed by atoms with Crippen LogP contribution in [0.25, 0.3) is 0 Å². The molecule has 88 valence electrons. The molecule has 1 saturated carbocycles. The van der Waals surface area contributed by atoms with Crippen molar-refractivity contribution in [3.63, 3.8) is 0 Å². The average molecular weight is 221 g/mol. The van der Waals surface area contributed by atoms with Gasteiger partial charge in [-0.25, -0.2) is 9.97 Å². The summed E-state index contributed by atoms with van der Waals surface area (Å²) >= 11 is 0. The van der Waals surface area contributed by atoms with Crippen LogP contribution in [0.15, 0.2) is 12.3 Å². The normalized spacial score (nSPS) is 25.4. The molecule has 2 N–H and O–H groups in total. The van der Waals surface area contributed by atoms with E-state index in [2.05, 4.69) is 15.3 Å². The van der Waals surface area contributed by atoms with Gasteiger partial charge in [-0.2, -0.15) is 0 Å². The molecule has 0 aromatic carbocycles. The van der Waals surface area contributed by atoms with Crippen LogP contribution in [0.2, 0.25) is 0 Å². The topological polar surface area (TPSA) is 58.0 Å². The smallest absolute Gasteiger partial charge is 0.223 e. The highest BCUT2D eigenvalue weighted by atomic mass is 16.3. The fourth-order valence-corrected chi connectivity index (χ4v) is 2.30. The van der Waals surface area contributed by atoms with Crippen molar-refractivity contribution in [1.29, 1.82) is 0 Å². The van der Waals surface area contributed by atoms with Crippen LogP contribution >= 0.6 is 0 Å². The summed E-state index contributed by atoms with van der Waals surface area (Å²) in [6.07, 6.45) is 6.40. The Balaban J connectivity index is 2.02. The lowest BCUT2D eigenvalue weighted by Gasteiger charge is -2.30. The summed E-state index contributed by atoms with van der Waals surface area (Å²) in [5.74, 6) is 1.03. The van der Waals surface area contributed by atoms with Crippen LogP contribution in [0, 0.1) is 12.8 Å².